The third-order valence-electron chi connectivity index (χ3n) is 7.01. The highest BCUT2D eigenvalue weighted by Gasteiger charge is 2.20. The summed E-state index contributed by atoms with van der Waals surface area (Å²) in [5, 5.41) is 2.02. The van der Waals surface area contributed by atoms with Gasteiger partial charge in [-0.25, -0.2) is 15.0 Å². The van der Waals surface area contributed by atoms with Gasteiger partial charge in [-0.05, 0) is 43.1 Å². The number of pyridine rings is 1. The van der Waals surface area contributed by atoms with Crippen LogP contribution in [-0.2, 0) is 11.2 Å². The molecule has 4 aromatic rings. The number of benzene rings is 1. The van der Waals surface area contributed by atoms with Gasteiger partial charge in [-0.2, -0.15) is 0 Å². The summed E-state index contributed by atoms with van der Waals surface area (Å²) in [6.07, 6.45) is 17.0. The molecule has 0 aliphatic heterocycles. The molecule has 7 nitrogen and oxygen atoms in total. The number of rotatable bonds is 8. The summed E-state index contributed by atoms with van der Waals surface area (Å²) in [5.74, 6) is 1.51. The van der Waals surface area contributed by atoms with Crippen molar-refractivity contribution >= 4 is 39.9 Å². The number of allylic oxidation sites excluding steroid dienone is 2. The number of nitrogens with zero attached hydrogens (tertiary/aromatic N) is 5. The lowest BCUT2D eigenvalue weighted by Gasteiger charge is -2.26. The zero-order valence-electron chi connectivity index (χ0n) is 21.8. The van der Waals surface area contributed by atoms with E-state index in [2.05, 4.69) is 47.2 Å². The van der Waals surface area contributed by atoms with Crippen LogP contribution in [0.1, 0.15) is 42.6 Å². The van der Waals surface area contributed by atoms with Crippen LogP contribution in [0.4, 0.5) is 0 Å². The van der Waals surface area contributed by atoms with Crippen molar-refractivity contribution in [3.8, 4) is 5.75 Å². The van der Waals surface area contributed by atoms with E-state index in [1.54, 1.807) is 32.5 Å². The molecule has 2 atom stereocenters. The van der Waals surface area contributed by atoms with E-state index in [9.17, 15) is 0 Å². The molecule has 0 saturated carbocycles. The van der Waals surface area contributed by atoms with Crippen molar-refractivity contribution < 1.29 is 9.47 Å². The van der Waals surface area contributed by atoms with E-state index in [-0.39, 0.29) is 12.0 Å². The molecular formula is C29H31Cl2N5O2. The molecule has 1 aliphatic rings. The fourth-order valence-electron chi connectivity index (χ4n) is 4.98. The van der Waals surface area contributed by atoms with Crippen LogP contribution in [0.5, 0.6) is 5.75 Å². The lowest BCUT2D eigenvalue weighted by atomic mass is 9.97. The van der Waals surface area contributed by atoms with Gasteiger partial charge in [0, 0.05) is 60.1 Å². The Morgan fingerprint density at radius 3 is 2.76 bits per heavy atom. The minimum absolute atomic E-state index is 0.112. The summed E-state index contributed by atoms with van der Waals surface area (Å²) in [5.41, 5.74) is 3.41. The van der Waals surface area contributed by atoms with E-state index >= 15 is 0 Å². The van der Waals surface area contributed by atoms with Crippen molar-refractivity contribution in [2.75, 3.05) is 27.5 Å². The average Bonchev–Trinajstić information content (AvgIpc) is 3.41. The smallest absolute Gasteiger partial charge is 0.149 e. The number of hydrogen-bond acceptors (Lipinski definition) is 6. The number of aromatic nitrogens is 4. The Morgan fingerprint density at radius 1 is 1.11 bits per heavy atom. The van der Waals surface area contributed by atoms with Gasteiger partial charge in [0.1, 0.15) is 22.9 Å². The molecule has 3 heterocycles. The van der Waals surface area contributed by atoms with Gasteiger partial charge in [-0.15, -0.1) is 0 Å². The molecule has 0 radical (unpaired) electrons. The first-order chi connectivity index (χ1) is 18.5. The van der Waals surface area contributed by atoms with Crippen molar-refractivity contribution in [3.05, 3.63) is 88.1 Å². The molecule has 0 fully saturated rings. The van der Waals surface area contributed by atoms with Crippen LogP contribution in [0.2, 0.25) is 10.0 Å². The van der Waals surface area contributed by atoms with Crippen LogP contribution in [-0.4, -0.2) is 57.8 Å². The van der Waals surface area contributed by atoms with Crippen LogP contribution >= 0.6 is 23.2 Å². The Labute approximate surface area is 232 Å². The van der Waals surface area contributed by atoms with E-state index in [1.165, 1.54) is 0 Å². The third-order valence-corrected chi connectivity index (χ3v) is 7.78. The molecule has 3 aromatic heterocycles. The lowest BCUT2D eigenvalue weighted by molar-refractivity contribution is 0.0599. The average molecular weight is 553 g/mol. The molecule has 1 aromatic carbocycles. The predicted octanol–water partition coefficient (Wildman–Crippen LogP) is 6.47. The number of fused-ring (bicyclic) bond motifs is 3. The fourth-order valence-corrected chi connectivity index (χ4v) is 5.56. The van der Waals surface area contributed by atoms with Crippen LogP contribution < -0.4 is 4.74 Å². The van der Waals surface area contributed by atoms with Gasteiger partial charge in [0.25, 0.3) is 0 Å². The normalized spacial score (nSPS) is 19.5. The molecule has 9 heteroatoms. The second kappa shape index (κ2) is 11.8. The second-order valence-corrected chi connectivity index (χ2v) is 10.1. The highest BCUT2D eigenvalue weighted by molar-refractivity contribution is 6.37. The summed E-state index contributed by atoms with van der Waals surface area (Å²) in [7, 11) is 3.32. The molecule has 38 heavy (non-hydrogen) atoms. The van der Waals surface area contributed by atoms with Crippen molar-refractivity contribution in [3.63, 3.8) is 0 Å². The lowest BCUT2D eigenvalue weighted by Crippen LogP contribution is -2.34. The summed E-state index contributed by atoms with van der Waals surface area (Å²) in [6.45, 7) is 3.63. The van der Waals surface area contributed by atoms with Crippen LogP contribution in [0.15, 0.2) is 61.1 Å². The Balaban J connectivity index is 1.50. The molecule has 1 aliphatic carbocycles. The van der Waals surface area contributed by atoms with Gasteiger partial charge in [-0.3, -0.25) is 9.30 Å². The molecule has 198 valence electrons. The molecule has 0 spiro atoms. The topological polar surface area (TPSA) is 64.8 Å². The first-order valence-corrected chi connectivity index (χ1v) is 13.5. The summed E-state index contributed by atoms with van der Waals surface area (Å²) >= 11 is 13.1. The quantitative estimate of drug-likeness (QED) is 0.185. The molecule has 0 bridgehead atoms. The highest BCUT2D eigenvalue weighted by Crippen LogP contribution is 2.36. The Bertz CT molecular complexity index is 1500. The van der Waals surface area contributed by atoms with Gasteiger partial charge >= 0.3 is 0 Å². The van der Waals surface area contributed by atoms with Crippen molar-refractivity contribution in [2.24, 2.45) is 0 Å². The Morgan fingerprint density at radius 2 is 1.97 bits per heavy atom. The maximum absolute atomic E-state index is 6.61. The van der Waals surface area contributed by atoms with Crippen molar-refractivity contribution in [1.82, 2.24) is 24.3 Å². The SMILES string of the molecule is CCN(COC)C1/C=C\CCC(c2ncc3cc(Cc4c(Cl)ccc(OC)c4Cl)c4nccn4c3n2)/C=C\1. The van der Waals surface area contributed by atoms with Gasteiger partial charge in [-0.1, -0.05) is 54.4 Å². The van der Waals surface area contributed by atoms with Gasteiger partial charge < -0.3 is 9.47 Å². The fraction of sp³-hybridized carbons (Fsp3) is 0.345. The second-order valence-electron chi connectivity index (χ2n) is 9.33. The zero-order chi connectivity index (χ0) is 26.6. The Hall–Kier alpha value is -2.97. The van der Waals surface area contributed by atoms with E-state index in [4.69, 9.17) is 42.6 Å². The summed E-state index contributed by atoms with van der Waals surface area (Å²) in [6, 6.07) is 5.83. The Kier molecular flexibility index (Phi) is 8.29. The largest absolute Gasteiger partial charge is 0.495 e. The van der Waals surface area contributed by atoms with E-state index in [0.29, 0.717) is 28.9 Å². The molecule has 5 rings (SSSR count). The molecular weight excluding hydrogens is 521 g/mol. The van der Waals surface area contributed by atoms with Gasteiger partial charge in [0.15, 0.2) is 0 Å². The molecule has 0 saturated heterocycles. The van der Waals surface area contributed by atoms with Crippen LogP contribution in [0.25, 0.3) is 16.7 Å². The molecule has 2 unspecified atom stereocenters. The number of halogens is 2. The van der Waals surface area contributed by atoms with Gasteiger partial charge in [0.2, 0.25) is 0 Å². The highest BCUT2D eigenvalue weighted by atomic mass is 35.5. The zero-order valence-corrected chi connectivity index (χ0v) is 23.3. The molecule has 0 amide bonds. The maximum atomic E-state index is 6.61. The molecule has 0 N–H and O–H groups in total. The number of imidazole rings is 1. The van der Waals surface area contributed by atoms with Crippen molar-refractivity contribution in [2.45, 2.75) is 38.1 Å². The first-order valence-electron chi connectivity index (χ1n) is 12.7. The van der Waals surface area contributed by atoms with E-state index in [0.717, 1.165) is 53.0 Å². The van der Waals surface area contributed by atoms with Gasteiger partial charge in [0.05, 0.1) is 18.9 Å². The predicted molar refractivity (Wildman–Crippen MR) is 152 cm³/mol. The van der Waals surface area contributed by atoms with Crippen molar-refractivity contribution in [1.29, 1.82) is 0 Å². The minimum Gasteiger partial charge on any atom is -0.495 e. The minimum atomic E-state index is 0.112. The number of ether oxygens (including phenoxy) is 2. The number of hydrogen-bond donors (Lipinski definition) is 0. The summed E-state index contributed by atoms with van der Waals surface area (Å²) in [4.78, 5) is 16.7. The summed E-state index contributed by atoms with van der Waals surface area (Å²) < 4.78 is 12.8. The monoisotopic (exact) mass is 551 g/mol. The maximum Gasteiger partial charge on any atom is 0.149 e. The van der Waals surface area contributed by atoms with Crippen LogP contribution in [0, 0.1) is 0 Å². The standard InChI is InChI=1S/C29H31Cl2N5O2/c1-4-35(18-37-2)22-8-6-5-7-19(9-10-22)27-33-17-21-15-20(28-32-13-14-36(28)29(21)34-27)16-23-24(30)11-12-25(38-3)26(23)31/h6,8-15,17,19,22H,4-5,7,16,18H2,1-3H3/b8-6-,10-9-. The van der Waals surface area contributed by atoms with E-state index < -0.39 is 0 Å². The van der Waals surface area contributed by atoms with E-state index in [1.807, 2.05) is 16.8 Å². The number of methoxy groups -OCH3 is 2. The van der Waals surface area contributed by atoms with Crippen LogP contribution in [0.3, 0.4) is 0 Å². The third kappa shape index (κ3) is 5.29. The number of likely N-dealkylation sites (N-methyl/N-ethyl adjacent to an activating group) is 1. The first kappa shape index (κ1) is 26.6.